The van der Waals surface area contributed by atoms with E-state index in [0.717, 1.165) is 12.1 Å². The third-order valence-corrected chi connectivity index (χ3v) is 1.98. The zero-order valence-corrected chi connectivity index (χ0v) is 8.22. The van der Waals surface area contributed by atoms with Crippen molar-refractivity contribution in [2.75, 3.05) is 25.6 Å². The highest BCUT2D eigenvalue weighted by Crippen LogP contribution is 2.22. The zero-order valence-electron chi connectivity index (χ0n) is 8.22. The Morgan fingerprint density at radius 3 is 2.29 bits per heavy atom. The van der Waals surface area contributed by atoms with E-state index < -0.39 is 11.6 Å². The number of hydrogen-bond acceptors (Lipinski definition) is 2. The van der Waals surface area contributed by atoms with Gasteiger partial charge in [-0.3, -0.25) is 0 Å². The van der Waals surface area contributed by atoms with Gasteiger partial charge in [-0.25, -0.2) is 8.78 Å². The average Bonchev–Trinajstić information content (AvgIpc) is 2.11. The van der Waals surface area contributed by atoms with Crippen molar-refractivity contribution in [2.45, 2.75) is 6.42 Å². The maximum atomic E-state index is 12.9. The van der Waals surface area contributed by atoms with Crippen LogP contribution in [0, 0.1) is 11.6 Å². The van der Waals surface area contributed by atoms with Crippen LogP contribution in [0.2, 0.25) is 0 Å². The summed E-state index contributed by atoms with van der Waals surface area (Å²) in [4.78, 5) is 1.69. The van der Waals surface area contributed by atoms with Crippen LogP contribution in [0.1, 0.15) is 5.56 Å². The summed E-state index contributed by atoms with van der Waals surface area (Å²) in [6.45, 7) is -0.0775. The van der Waals surface area contributed by atoms with Crippen molar-refractivity contribution in [3.05, 3.63) is 29.3 Å². The van der Waals surface area contributed by atoms with Gasteiger partial charge in [0.1, 0.15) is 0 Å². The van der Waals surface area contributed by atoms with Gasteiger partial charge in [0, 0.05) is 32.5 Å². The number of hydrogen-bond donors (Lipinski definition) is 1. The van der Waals surface area contributed by atoms with Crippen molar-refractivity contribution < 1.29 is 13.9 Å². The van der Waals surface area contributed by atoms with Crippen molar-refractivity contribution in [1.82, 2.24) is 0 Å². The minimum absolute atomic E-state index is 0.0775. The molecule has 1 N–H and O–H groups in total. The molecule has 0 bridgehead atoms. The molecule has 2 nitrogen and oxygen atoms in total. The molecule has 0 heterocycles. The van der Waals surface area contributed by atoms with Gasteiger partial charge in [-0.1, -0.05) is 0 Å². The van der Waals surface area contributed by atoms with Gasteiger partial charge < -0.3 is 10.0 Å². The van der Waals surface area contributed by atoms with E-state index in [9.17, 15) is 8.78 Å². The van der Waals surface area contributed by atoms with E-state index in [1.807, 2.05) is 0 Å². The molecule has 0 saturated carbocycles. The van der Waals surface area contributed by atoms with Crippen LogP contribution in [-0.4, -0.2) is 25.8 Å². The summed E-state index contributed by atoms with van der Waals surface area (Å²) in [7, 11) is 3.49. The number of nitrogens with zero attached hydrogens (tertiary/aromatic N) is 1. The van der Waals surface area contributed by atoms with E-state index in [2.05, 4.69) is 0 Å². The Kier molecular flexibility index (Phi) is 3.41. The minimum atomic E-state index is -0.876. The van der Waals surface area contributed by atoms with Crippen LogP contribution in [0.3, 0.4) is 0 Å². The van der Waals surface area contributed by atoms with Gasteiger partial charge in [0.15, 0.2) is 11.6 Å². The van der Waals surface area contributed by atoms with E-state index in [4.69, 9.17) is 5.11 Å². The van der Waals surface area contributed by atoms with E-state index in [0.29, 0.717) is 17.7 Å². The molecule has 0 aliphatic carbocycles. The van der Waals surface area contributed by atoms with Crippen molar-refractivity contribution in [3.63, 3.8) is 0 Å². The van der Waals surface area contributed by atoms with Crippen LogP contribution in [0.5, 0.6) is 0 Å². The Hall–Kier alpha value is -1.16. The summed E-state index contributed by atoms with van der Waals surface area (Å²) < 4.78 is 25.8. The summed E-state index contributed by atoms with van der Waals surface area (Å²) in [5, 5.41) is 8.75. The van der Waals surface area contributed by atoms with Crippen LogP contribution in [0.4, 0.5) is 14.5 Å². The van der Waals surface area contributed by atoms with Gasteiger partial charge in [-0.2, -0.15) is 0 Å². The second kappa shape index (κ2) is 4.37. The number of aliphatic hydroxyl groups is 1. The molecule has 78 valence electrons. The third-order valence-electron chi connectivity index (χ3n) is 1.98. The molecule has 4 heteroatoms. The lowest BCUT2D eigenvalue weighted by Gasteiger charge is -2.17. The van der Waals surface area contributed by atoms with Gasteiger partial charge in [0.25, 0.3) is 0 Å². The monoisotopic (exact) mass is 201 g/mol. The topological polar surface area (TPSA) is 23.5 Å². The normalized spacial score (nSPS) is 10.4. The van der Waals surface area contributed by atoms with Crippen LogP contribution >= 0.6 is 0 Å². The second-order valence-electron chi connectivity index (χ2n) is 3.26. The fraction of sp³-hybridized carbons (Fsp3) is 0.400. The van der Waals surface area contributed by atoms with Crippen molar-refractivity contribution in [1.29, 1.82) is 0 Å². The van der Waals surface area contributed by atoms with E-state index >= 15 is 0 Å². The average molecular weight is 201 g/mol. The van der Waals surface area contributed by atoms with E-state index in [1.54, 1.807) is 19.0 Å². The highest BCUT2D eigenvalue weighted by atomic mass is 19.2. The predicted octanol–water partition coefficient (Wildman–Crippen LogP) is 1.57. The third kappa shape index (κ3) is 2.20. The molecule has 0 aliphatic heterocycles. The molecule has 0 radical (unpaired) electrons. The Balaban J connectivity index is 3.17. The van der Waals surface area contributed by atoms with Crippen molar-refractivity contribution in [3.8, 4) is 0 Å². The van der Waals surface area contributed by atoms with Gasteiger partial charge in [-0.15, -0.1) is 0 Å². The highest BCUT2D eigenvalue weighted by molar-refractivity contribution is 5.53. The van der Waals surface area contributed by atoms with Crippen molar-refractivity contribution in [2.24, 2.45) is 0 Å². The summed E-state index contributed by atoms with van der Waals surface area (Å²) in [6.07, 6.45) is 0.324. The summed E-state index contributed by atoms with van der Waals surface area (Å²) >= 11 is 0. The molecular formula is C10H13F2NO. The predicted molar refractivity (Wildman–Crippen MR) is 51.5 cm³/mol. The van der Waals surface area contributed by atoms with Crippen LogP contribution in [0.15, 0.2) is 12.1 Å². The maximum absolute atomic E-state index is 12.9. The van der Waals surface area contributed by atoms with Gasteiger partial charge in [-0.05, 0) is 18.1 Å². The molecule has 0 saturated heterocycles. The number of aliphatic hydroxyl groups excluding tert-OH is 1. The lowest BCUT2D eigenvalue weighted by molar-refractivity contribution is 0.299. The Bertz CT molecular complexity index is 326. The molecule has 14 heavy (non-hydrogen) atoms. The SMILES string of the molecule is CN(C)c1cc(F)c(F)cc1CCO. The number of rotatable bonds is 3. The van der Waals surface area contributed by atoms with Crippen LogP contribution < -0.4 is 4.90 Å². The molecule has 0 spiro atoms. The lowest BCUT2D eigenvalue weighted by atomic mass is 10.1. The molecule has 0 atom stereocenters. The Labute approximate surface area is 81.8 Å². The van der Waals surface area contributed by atoms with Gasteiger partial charge in [0.2, 0.25) is 0 Å². The molecular weight excluding hydrogens is 188 g/mol. The molecule has 0 fully saturated rings. The molecule has 0 aliphatic rings. The fourth-order valence-corrected chi connectivity index (χ4v) is 1.31. The quantitative estimate of drug-likeness (QED) is 0.802. The number of benzene rings is 1. The Morgan fingerprint density at radius 1 is 1.21 bits per heavy atom. The van der Waals surface area contributed by atoms with E-state index in [1.165, 1.54) is 0 Å². The molecule has 1 aromatic carbocycles. The molecule has 1 aromatic rings. The molecule has 0 aromatic heterocycles. The maximum Gasteiger partial charge on any atom is 0.160 e. The summed E-state index contributed by atoms with van der Waals surface area (Å²) in [5.41, 5.74) is 1.20. The summed E-state index contributed by atoms with van der Waals surface area (Å²) in [5.74, 6) is -1.74. The minimum Gasteiger partial charge on any atom is -0.396 e. The van der Waals surface area contributed by atoms with Gasteiger partial charge >= 0.3 is 0 Å². The van der Waals surface area contributed by atoms with E-state index in [-0.39, 0.29) is 6.61 Å². The largest absolute Gasteiger partial charge is 0.396 e. The molecule has 1 rings (SSSR count). The first-order chi connectivity index (χ1) is 6.56. The van der Waals surface area contributed by atoms with Crippen LogP contribution in [0.25, 0.3) is 0 Å². The van der Waals surface area contributed by atoms with Crippen molar-refractivity contribution >= 4 is 5.69 Å². The number of halogens is 2. The first-order valence-electron chi connectivity index (χ1n) is 4.32. The first-order valence-corrected chi connectivity index (χ1v) is 4.32. The fourth-order valence-electron chi connectivity index (χ4n) is 1.31. The Morgan fingerprint density at radius 2 is 1.79 bits per heavy atom. The zero-order chi connectivity index (χ0) is 10.7. The summed E-state index contributed by atoms with van der Waals surface area (Å²) in [6, 6.07) is 2.27. The smallest absolute Gasteiger partial charge is 0.160 e. The van der Waals surface area contributed by atoms with Crippen LogP contribution in [-0.2, 0) is 6.42 Å². The molecule has 0 amide bonds. The molecule has 0 unspecified atom stereocenters. The van der Waals surface area contributed by atoms with Gasteiger partial charge in [0.05, 0.1) is 0 Å². The highest BCUT2D eigenvalue weighted by Gasteiger charge is 2.10. The lowest BCUT2D eigenvalue weighted by Crippen LogP contribution is -2.13. The number of anilines is 1. The standard InChI is InChI=1S/C10H13F2NO/c1-13(2)10-6-9(12)8(11)5-7(10)3-4-14/h5-6,14H,3-4H2,1-2H3. The second-order valence-corrected chi connectivity index (χ2v) is 3.26. The first kappa shape index (κ1) is 10.9.